The van der Waals surface area contributed by atoms with Gasteiger partial charge in [0.1, 0.15) is 22.3 Å². The topological polar surface area (TPSA) is 62.0 Å². The Balaban J connectivity index is 2.07. The third-order valence-corrected chi connectivity index (χ3v) is 4.47. The van der Waals surface area contributed by atoms with Crippen LogP contribution in [0.4, 0.5) is 18.9 Å². The van der Waals surface area contributed by atoms with Crippen molar-refractivity contribution < 1.29 is 21.6 Å². The zero-order valence-electron chi connectivity index (χ0n) is 10.9. The molecule has 8 heteroatoms. The van der Waals surface area contributed by atoms with E-state index in [0.717, 1.165) is 36.5 Å². The van der Waals surface area contributed by atoms with Crippen molar-refractivity contribution >= 4 is 26.6 Å². The summed E-state index contributed by atoms with van der Waals surface area (Å²) in [4.78, 5) is 2.43. The van der Waals surface area contributed by atoms with Gasteiger partial charge in [0, 0.05) is 23.2 Å². The Bertz CT molecular complexity index is 967. The molecule has 1 aromatic heterocycles. The molecule has 0 saturated carbocycles. The monoisotopic (exact) mass is 326 g/mol. The highest BCUT2D eigenvalue weighted by Gasteiger charge is 2.21. The Hall–Kier alpha value is -2.48. The first-order valence-corrected chi connectivity index (χ1v) is 7.60. The van der Waals surface area contributed by atoms with Crippen LogP contribution in [0.5, 0.6) is 0 Å². The normalized spacial score (nSPS) is 11.8. The molecule has 0 unspecified atom stereocenters. The van der Waals surface area contributed by atoms with E-state index in [1.165, 1.54) is 6.07 Å². The number of anilines is 1. The van der Waals surface area contributed by atoms with E-state index >= 15 is 0 Å². The van der Waals surface area contributed by atoms with Crippen molar-refractivity contribution in [2.45, 2.75) is 4.90 Å². The van der Waals surface area contributed by atoms with Gasteiger partial charge in [0.25, 0.3) is 10.0 Å². The van der Waals surface area contributed by atoms with E-state index in [4.69, 9.17) is 0 Å². The molecule has 3 aromatic rings. The van der Waals surface area contributed by atoms with Crippen molar-refractivity contribution in [1.82, 2.24) is 4.98 Å². The minimum atomic E-state index is -4.16. The van der Waals surface area contributed by atoms with Crippen LogP contribution in [-0.2, 0) is 10.0 Å². The van der Waals surface area contributed by atoms with Crippen molar-refractivity contribution in [1.29, 1.82) is 0 Å². The van der Waals surface area contributed by atoms with Crippen molar-refractivity contribution in [3.05, 3.63) is 60.0 Å². The SMILES string of the molecule is O=S(=O)(Nc1cc(F)ccc1F)c1c[nH]c2cc(F)ccc12. The van der Waals surface area contributed by atoms with Crippen LogP contribution in [0, 0.1) is 17.5 Å². The summed E-state index contributed by atoms with van der Waals surface area (Å²) in [5.74, 6) is -2.21. The molecule has 0 spiro atoms. The number of aromatic nitrogens is 1. The van der Waals surface area contributed by atoms with Crippen LogP contribution in [0.15, 0.2) is 47.5 Å². The molecule has 1 heterocycles. The number of rotatable bonds is 3. The maximum atomic E-state index is 13.6. The summed E-state index contributed by atoms with van der Waals surface area (Å²) >= 11 is 0. The molecule has 114 valence electrons. The lowest BCUT2D eigenvalue weighted by molar-refractivity contribution is 0.595. The lowest BCUT2D eigenvalue weighted by atomic mass is 10.2. The standard InChI is InChI=1S/C14H9F3N2O2S/c15-8-1-3-10-12(5-8)18-7-14(10)22(20,21)19-13-6-9(16)2-4-11(13)17/h1-7,18-19H. The Morgan fingerprint density at radius 1 is 0.955 bits per heavy atom. The maximum absolute atomic E-state index is 13.6. The number of hydrogen-bond acceptors (Lipinski definition) is 2. The molecular formula is C14H9F3N2O2S. The highest BCUT2D eigenvalue weighted by Crippen LogP contribution is 2.26. The van der Waals surface area contributed by atoms with Crippen LogP contribution in [0.25, 0.3) is 10.9 Å². The van der Waals surface area contributed by atoms with E-state index in [1.54, 1.807) is 0 Å². The largest absolute Gasteiger partial charge is 0.360 e. The number of aromatic amines is 1. The summed E-state index contributed by atoms with van der Waals surface area (Å²) in [6.07, 6.45) is 1.16. The Labute approximate surface area is 123 Å². The van der Waals surface area contributed by atoms with Crippen LogP contribution in [-0.4, -0.2) is 13.4 Å². The van der Waals surface area contributed by atoms with Crippen molar-refractivity contribution in [3.8, 4) is 0 Å². The number of H-pyrrole nitrogens is 1. The first-order chi connectivity index (χ1) is 10.4. The molecule has 3 rings (SSSR count). The van der Waals surface area contributed by atoms with Gasteiger partial charge in [0.05, 0.1) is 5.69 Å². The van der Waals surface area contributed by atoms with Crippen LogP contribution in [0.3, 0.4) is 0 Å². The molecule has 2 aromatic carbocycles. The number of nitrogens with one attached hydrogen (secondary N) is 2. The smallest absolute Gasteiger partial charge is 0.264 e. The van der Waals surface area contributed by atoms with Gasteiger partial charge in [0.15, 0.2) is 0 Å². The molecule has 0 bridgehead atoms. The van der Waals surface area contributed by atoms with E-state index in [2.05, 4.69) is 4.98 Å². The minimum Gasteiger partial charge on any atom is -0.360 e. The minimum absolute atomic E-state index is 0.189. The van der Waals surface area contributed by atoms with Gasteiger partial charge in [-0.15, -0.1) is 0 Å². The maximum Gasteiger partial charge on any atom is 0.264 e. The second-order valence-electron chi connectivity index (χ2n) is 4.57. The Morgan fingerprint density at radius 3 is 2.41 bits per heavy atom. The number of halogens is 3. The van der Waals surface area contributed by atoms with E-state index in [0.29, 0.717) is 0 Å². The van der Waals surface area contributed by atoms with Gasteiger partial charge in [-0.3, -0.25) is 4.72 Å². The zero-order chi connectivity index (χ0) is 15.9. The van der Waals surface area contributed by atoms with Crippen molar-refractivity contribution in [2.24, 2.45) is 0 Å². The Morgan fingerprint density at radius 2 is 1.64 bits per heavy atom. The highest BCUT2D eigenvalue weighted by molar-refractivity contribution is 7.93. The Kier molecular flexibility index (Phi) is 3.32. The number of benzene rings is 2. The fourth-order valence-electron chi connectivity index (χ4n) is 2.07. The number of hydrogen-bond donors (Lipinski definition) is 2. The van der Waals surface area contributed by atoms with Crippen LogP contribution in [0.2, 0.25) is 0 Å². The highest BCUT2D eigenvalue weighted by atomic mass is 32.2. The van der Waals surface area contributed by atoms with Crippen LogP contribution < -0.4 is 4.72 Å². The lowest BCUT2D eigenvalue weighted by Gasteiger charge is -2.08. The fraction of sp³-hybridized carbons (Fsp3) is 0. The first-order valence-electron chi connectivity index (χ1n) is 6.11. The zero-order valence-corrected chi connectivity index (χ0v) is 11.7. The third kappa shape index (κ3) is 2.52. The second-order valence-corrected chi connectivity index (χ2v) is 6.22. The average molecular weight is 326 g/mol. The summed E-state index contributed by atoms with van der Waals surface area (Å²) in [5, 5.41) is 0.241. The summed E-state index contributed by atoms with van der Waals surface area (Å²) in [6.45, 7) is 0. The molecule has 0 amide bonds. The van der Waals surface area contributed by atoms with Gasteiger partial charge < -0.3 is 4.98 Å². The van der Waals surface area contributed by atoms with Crippen LogP contribution in [0.1, 0.15) is 0 Å². The molecule has 0 aliphatic carbocycles. The van der Waals surface area contributed by atoms with Gasteiger partial charge in [-0.2, -0.15) is 0 Å². The molecular weight excluding hydrogens is 317 g/mol. The molecule has 0 saturated heterocycles. The summed E-state index contributed by atoms with van der Waals surface area (Å²) < 4.78 is 66.4. The van der Waals surface area contributed by atoms with Crippen molar-refractivity contribution in [2.75, 3.05) is 4.72 Å². The van der Waals surface area contributed by atoms with Gasteiger partial charge in [0.2, 0.25) is 0 Å². The summed E-state index contributed by atoms with van der Waals surface area (Å²) in [5.41, 5.74) is -0.225. The molecule has 4 nitrogen and oxygen atoms in total. The third-order valence-electron chi connectivity index (χ3n) is 3.07. The molecule has 2 N–H and O–H groups in total. The molecule has 22 heavy (non-hydrogen) atoms. The average Bonchev–Trinajstić information content (AvgIpc) is 2.86. The van der Waals surface area contributed by atoms with Gasteiger partial charge >= 0.3 is 0 Å². The number of fused-ring (bicyclic) bond motifs is 1. The van der Waals surface area contributed by atoms with Gasteiger partial charge in [-0.25, -0.2) is 21.6 Å². The van der Waals surface area contributed by atoms with Gasteiger partial charge in [-0.05, 0) is 30.3 Å². The lowest BCUT2D eigenvalue weighted by Crippen LogP contribution is -2.13. The van der Waals surface area contributed by atoms with Crippen molar-refractivity contribution in [3.63, 3.8) is 0 Å². The quantitative estimate of drug-likeness (QED) is 0.775. The van der Waals surface area contributed by atoms with Crippen LogP contribution >= 0.6 is 0 Å². The van der Waals surface area contributed by atoms with E-state index in [-0.39, 0.29) is 15.8 Å². The molecule has 0 aliphatic heterocycles. The van der Waals surface area contributed by atoms with E-state index < -0.39 is 33.2 Å². The number of sulfonamides is 1. The van der Waals surface area contributed by atoms with E-state index in [1.807, 2.05) is 4.72 Å². The molecule has 0 fully saturated rings. The first kappa shape index (κ1) is 14.5. The molecule has 0 atom stereocenters. The predicted molar refractivity (Wildman–Crippen MR) is 75.4 cm³/mol. The summed E-state index contributed by atoms with van der Waals surface area (Å²) in [7, 11) is -4.16. The summed E-state index contributed by atoms with van der Waals surface area (Å²) in [6, 6.07) is 5.97. The van der Waals surface area contributed by atoms with E-state index in [9.17, 15) is 21.6 Å². The fourth-order valence-corrected chi connectivity index (χ4v) is 3.31. The molecule has 0 radical (unpaired) electrons. The predicted octanol–water partition coefficient (Wildman–Crippen LogP) is 3.39. The van der Waals surface area contributed by atoms with Gasteiger partial charge in [-0.1, -0.05) is 0 Å². The second kappa shape index (κ2) is 5.06. The molecule has 0 aliphatic rings.